The number of nitrogens with zero attached hydrogens (tertiary/aromatic N) is 1. The first-order valence-corrected chi connectivity index (χ1v) is 10.6. The highest BCUT2D eigenvalue weighted by molar-refractivity contribution is 7.92. The molecule has 0 heterocycles. The van der Waals surface area contributed by atoms with Crippen LogP contribution in [-0.4, -0.2) is 46.8 Å². The molecule has 0 saturated carbocycles. The number of benzene rings is 2. The van der Waals surface area contributed by atoms with Gasteiger partial charge < -0.3 is 14.8 Å². The third kappa shape index (κ3) is 5.39. The second-order valence-corrected chi connectivity index (χ2v) is 8.41. The van der Waals surface area contributed by atoms with Crippen molar-refractivity contribution in [2.45, 2.75) is 13.0 Å². The molecule has 2 aromatic carbocycles. The highest BCUT2D eigenvalue weighted by Crippen LogP contribution is 2.34. The Morgan fingerprint density at radius 3 is 2.41 bits per heavy atom. The molecule has 8 nitrogen and oxygen atoms in total. The number of hydrogen-bond acceptors (Lipinski definition) is 6. The predicted molar refractivity (Wildman–Crippen MR) is 111 cm³/mol. The highest BCUT2D eigenvalue weighted by Gasteiger charge is 2.31. The Hall–Kier alpha value is -2.78. The molecule has 0 fully saturated rings. The minimum Gasteiger partial charge on any atom is -0.495 e. The Morgan fingerprint density at radius 1 is 1.14 bits per heavy atom. The summed E-state index contributed by atoms with van der Waals surface area (Å²) in [6, 6.07) is 9.43. The molecule has 156 valence electrons. The average molecular weight is 441 g/mol. The molecule has 0 spiro atoms. The Labute approximate surface area is 174 Å². The monoisotopic (exact) mass is 440 g/mol. The van der Waals surface area contributed by atoms with Crippen LogP contribution in [0.15, 0.2) is 42.5 Å². The van der Waals surface area contributed by atoms with Crippen LogP contribution in [-0.2, 0) is 19.6 Å². The molecular formula is C19H21ClN2O6S. The molecule has 10 heteroatoms. The first kappa shape index (κ1) is 22.5. The number of rotatable bonds is 7. The van der Waals surface area contributed by atoms with Crippen LogP contribution in [0, 0.1) is 0 Å². The van der Waals surface area contributed by atoms with Crippen molar-refractivity contribution in [1.29, 1.82) is 0 Å². The molecule has 0 aliphatic carbocycles. The van der Waals surface area contributed by atoms with E-state index in [-0.39, 0.29) is 22.0 Å². The number of methoxy groups -OCH3 is 2. The predicted octanol–water partition coefficient (Wildman–Crippen LogP) is 2.93. The first-order chi connectivity index (χ1) is 13.6. The van der Waals surface area contributed by atoms with Gasteiger partial charge in [-0.2, -0.15) is 0 Å². The van der Waals surface area contributed by atoms with Gasteiger partial charge in [-0.3, -0.25) is 9.10 Å². The summed E-state index contributed by atoms with van der Waals surface area (Å²) in [5, 5.41) is 2.89. The van der Waals surface area contributed by atoms with Crippen LogP contribution in [0.4, 0.5) is 11.4 Å². The lowest BCUT2D eigenvalue weighted by atomic mass is 10.2. The molecule has 2 aromatic rings. The van der Waals surface area contributed by atoms with Crippen molar-refractivity contribution in [1.82, 2.24) is 0 Å². The summed E-state index contributed by atoms with van der Waals surface area (Å²) in [7, 11) is -1.24. The summed E-state index contributed by atoms with van der Waals surface area (Å²) >= 11 is 6.02. The summed E-state index contributed by atoms with van der Waals surface area (Å²) in [6.45, 7) is 1.43. The molecule has 0 saturated heterocycles. The van der Waals surface area contributed by atoms with Gasteiger partial charge in [0.15, 0.2) is 0 Å². The molecule has 0 aromatic heterocycles. The Kier molecular flexibility index (Phi) is 7.10. The van der Waals surface area contributed by atoms with E-state index in [1.165, 1.54) is 45.4 Å². The van der Waals surface area contributed by atoms with Crippen LogP contribution < -0.4 is 14.4 Å². The maximum Gasteiger partial charge on any atom is 0.337 e. The number of esters is 1. The number of sulfonamides is 1. The summed E-state index contributed by atoms with van der Waals surface area (Å²) in [4.78, 5) is 24.5. The van der Waals surface area contributed by atoms with Gasteiger partial charge in [-0.1, -0.05) is 17.7 Å². The van der Waals surface area contributed by atoms with E-state index in [0.717, 1.165) is 10.6 Å². The van der Waals surface area contributed by atoms with Gasteiger partial charge in [-0.25, -0.2) is 13.2 Å². The van der Waals surface area contributed by atoms with Crippen LogP contribution in [0.2, 0.25) is 5.02 Å². The number of carbonyl (C=O) groups is 2. The van der Waals surface area contributed by atoms with Crippen LogP contribution in [0.3, 0.4) is 0 Å². The number of carbonyl (C=O) groups excluding carboxylic acids is 2. The summed E-state index contributed by atoms with van der Waals surface area (Å²) in [5.41, 5.74) is 0.694. The van der Waals surface area contributed by atoms with E-state index in [0.29, 0.717) is 5.69 Å². The lowest BCUT2D eigenvalue weighted by Crippen LogP contribution is -2.45. The van der Waals surface area contributed by atoms with Crippen molar-refractivity contribution in [2.24, 2.45) is 0 Å². The van der Waals surface area contributed by atoms with E-state index in [4.69, 9.17) is 16.3 Å². The van der Waals surface area contributed by atoms with E-state index in [2.05, 4.69) is 10.1 Å². The topological polar surface area (TPSA) is 102 Å². The highest BCUT2D eigenvalue weighted by atomic mass is 35.5. The summed E-state index contributed by atoms with van der Waals surface area (Å²) in [6.07, 6.45) is 0.981. The van der Waals surface area contributed by atoms with E-state index in [1.807, 2.05) is 0 Å². The normalized spacial score (nSPS) is 12.0. The Bertz CT molecular complexity index is 1030. The van der Waals surface area contributed by atoms with Crippen molar-refractivity contribution < 1.29 is 27.5 Å². The van der Waals surface area contributed by atoms with E-state index < -0.39 is 27.9 Å². The zero-order valence-electron chi connectivity index (χ0n) is 16.3. The number of halogens is 1. The standard InChI is InChI=1S/C19H21ClN2O6S/c1-12(18(23)21-15-7-5-6-13(10-15)19(24)28-3)22(29(4,25)26)16-11-14(20)8-9-17(16)27-2/h5-12H,1-4H3,(H,21,23)/t12-/m1/s1. The maximum atomic E-state index is 12.8. The van der Waals surface area contributed by atoms with Crippen molar-refractivity contribution in [3.63, 3.8) is 0 Å². The molecule has 0 aliphatic heterocycles. The van der Waals surface area contributed by atoms with Gasteiger partial charge in [0.2, 0.25) is 15.9 Å². The molecule has 0 aliphatic rings. The molecule has 0 bridgehead atoms. The van der Waals surface area contributed by atoms with Crippen LogP contribution in [0.25, 0.3) is 0 Å². The molecule has 0 unspecified atom stereocenters. The van der Waals surface area contributed by atoms with Crippen molar-refractivity contribution >= 4 is 44.9 Å². The van der Waals surface area contributed by atoms with Crippen LogP contribution in [0.1, 0.15) is 17.3 Å². The Morgan fingerprint density at radius 2 is 1.83 bits per heavy atom. The number of anilines is 2. The van der Waals surface area contributed by atoms with Gasteiger partial charge in [0.05, 0.1) is 31.7 Å². The average Bonchev–Trinajstić information content (AvgIpc) is 2.66. The zero-order chi connectivity index (χ0) is 21.8. The number of hydrogen-bond donors (Lipinski definition) is 1. The SMILES string of the molecule is COC(=O)c1cccc(NC(=O)[C@@H](C)N(c2cc(Cl)ccc2OC)S(C)(=O)=O)c1. The van der Waals surface area contributed by atoms with Gasteiger partial charge in [0, 0.05) is 10.7 Å². The Balaban J connectivity index is 2.38. The maximum absolute atomic E-state index is 12.8. The fraction of sp³-hybridized carbons (Fsp3) is 0.263. The van der Waals surface area contributed by atoms with Gasteiger partial charge in [-0.05, 0) is 43.3 Å². The molecular weight excluding hydrogens is 420 g/mol. The number of amides is 1. The van der Waals surface area contributed by atoms with Gasteiger partial charge in [-0.15, -0.1) is 0 Å². The number of ether oxygens (including phenoxy) is 2. The van der Waals surface area contributed by atoms with Gasteiger partial charge in [0.1, 0.15) is 11.8 Å². The van der Waals surface area contributed by atoms with Crippen molar-refractivity contribution in [3.8, 4) is 5.75 Å². The van der Waals surface area contributed by atoms with Gasteiger partial charge in [0.25, 0.3) is 0 Å². The fourth-order valence-corrected chi connectivity index (χ4v) is 4.04. The largest absolute Gasteiger partial charge is 0.495 e. The van der Waals surface area contributed by atoms with Crippen molar-refractivity contribution in [3.05, 3.63) is 53.1 Å². The molecule has 1 N–H and O–H groups in total. The second-order valence-electron chi connectivity index (χ2n) is 6.11. The lowest BCUT2D eigenvalue weighted by molar-refractivity contribution is -0.116. The molecule has 1 amide bonds. The smallest absolute Gasteiger partial charge is 0.337 e. The third-order valence-corrected chi connectivity index (χ3v) is 5.48. The third-order valence-electron chi connectivity index (χ3n) is 4.02. The second kappa shape index (κ2) is 9.15. The summed E-state index contributed by atoms with van der Waals surface area (Å²) in [5.74, 6) is -0.929. The van der Waals surface area contributed by atoms with Crippen LogP contribution in [0.5, 0.6) is 5.75 Å². The minimum absolute atomic E-state index is 0.133. The number of nitrogens with one attached hydrogen (secondary N) is 1. The summed E-state index contributed by atoms with van der Waals surface area (Å²) < 4.78 is 35.8. The van der Waals surface area contributed by atoms with Crippen molar-refractivity contribution in [2.75, 3.05) is 30.1 Å². The first-order valence-electron chi connectivity index (χ1n) is 8.40. The van der Waals surface area contributed by atoms with E-state index in [1.54, 1.807) is 18.2 Å². The molecule has 1 atom stereocenters. The van der Waals surface area contributed by atoms with Crippen LogP contribution >= 0.6 is 11.6 Å². The fourth-order valence-electron chi connectivity index (χ4n) is 2.70. The quantitative estimate of drug-likeness (QED) is 0.664. The van der Waals surface area contributed by atoms with E-state index >= 15 is 0 Å². The lowest BCUT2D eigenvalue weighted by Gasteiger charge is -2.29. The van der Waals surface area contributed by atoms with Gasteiger partial charge >= 0.3 is 5.97 Å². The molecule has 0 radical (unpaired) electrons. The molecule has 29 heavy (non-hydrogen) atoms. The minimum atomic E-state index is -3.87. The zero-order valence-corrected chi connectivity index (χ0v) is 17.9. The van der Waals surface area contributed by atoms with E-state index in [9.17, 15) is 18.0 Å². The molecule has 2 rings (SSSR count).